The van der Waals surface area contributed by atoms with Gasteiger partial charge in [-0.2, -0.15) is 10.1 Å². The number of aromatic amines is 1. The molecule has 3 heterocycles. The van der Waals surface area contributed by atoms with Crippen LogP contribution in [-0.2, 0) is 13.0 Å². The minimum absolute atomic E-state index is 0.0623. The molecule has 0 atom stereocenters. The molecule has 0 amide bonds. The zero-order valence-corrected chi connectivity index (χ0v) is 7.45. The summed E-state index contributed by atoms with van der Waals surface area (Å²) >= 11 is 0. The van der Waals surface area contributed by atoms with Crippen molar-refractivity contribution in [2.45, 2.75) is 13.0 Å². The van der Waals surface area contributed by atoms with Crippen LogP contribution in [0.4, 0.5) is 0 Å². The molecule has 1 aliphatic rings. The predicted molar refractivity (Wildman–Crippen MR) is 49.0 cm³/mol. The molecule has 0 aliphatic carbocycles. The molecule has 0 fully saturated rings. The molecule has 14 heavy (non-hydrogen) atoms. The maximum absolute atomic E-state index is 11.6. The number of nitrogens with zero attached hydrogens (tertiary/aromatic N) is 3. The summed E-state index contributed by atoms with van der Waals surface area (Å²) in [4.78, 5) is 18.3. The number of H-pyrrole nitrogens is 1. The second kappa shape index (κ2) is 2.65. The average Bonchev–Trinajstić information content (AvgIpc) is 2.66. The number of rotatable bonds is 0. The molecule has 72 valence electrons. The molecular weight excluding hydrogens is 182 g/mol. The van der Waals surface area contributed by atoms with Gasteiger partial charge in [-0.15, -0.1) is 0 Å². The third kappa shape index (κ3) is 0.912. The summed E-state index contributed by atoms with van der Waals surface area (Å²) in [6.45, 7) is 1.49. The van der Waals surface area contributed by atoms with E-state index in [1.807, 2.05) is 0 Å². The van der Waals surface area contributed by atoms with Crippen LogP contribution in [-0.4, -0.2) is 26.1 Å². The summed E-state index contributed by atoms with van der Waals surface area (Å²) in [6, 6.07) is 0. The van der Waals surface area contributed by atoms with Gasteiger partial charge in [0.2, 0.25) is 5.78 Å². The molecule has 0 spiro atoms. The van der Waals surface area contributed by atoms with E-state index in [0.717, 1.165) is 24.2 Å². The number of hydrogen-bond donors (Lipinski definition) is 2. The van der Waals surface area contributed by atoms with Gasteiger partial charge in [-0.3, -0.25) is 9.78 Å². The molecule has 2 N–H and O–H groups in total. The highest BCUT2D eigenvalue weighted by molar-refractivity contribution is 5.32. The van der Waals surface area contributed by atoms with Crippen LogP contribution >= 0.6 is 0 Å². The zero-order chi connectivity index (χ0) is 9.54. The fraction of sp³-hybridized carbons (Fsp3) is 0.375. The Morgan fingerprint density at radius 3 is 3.36 bits per heavy atom. The van der Waals surface area contributed by atoms with Crippen LogP contribution < -0.4 is 10.9 Å². The highest BCUT2D eigenvalue weighted by atomic mass is 16.1. The van der Waals surface area contributed by atoms with Crippen molar-refractivity contribution in [3.63, 3.8) is 0 Å². The van der Waals surface area contributed by atoms with Crippen molar-refractivity contribution in [2.75, 3.05) is 6.54 Å². The third-order valence-corrected chi connectivity index (χ3v) is 2.49. The van der Waals surface area contributed by atoms with E-state index >= 15 is 0 Å². The Labute approximate surface area is 79.0 Å². The summed E-state index contributed by atoms with van der Waals surface area (Å²) in [5.74, 6) is 0.524. The fourth-order valence-electron chi connectivity index (χ4n) is 1.82. The van der Waals surface area contributed by atoms with E-state index in [4.69, 9.17) is 0 Å². The van der Waals surface area contributed by atoms with E-state index in [-0.39, 0.29) is 5.56 Å². The highest BCUT2D eigenvalue weighted by Crippen LogP contribution is 2.08. The Bertz CT molecular complexity index is 540. The lowest BCUT2D eigenvalue weighted by Crippen LogP contribution is -2.32. The van der Waals surface area contributed by atoms with E-state index in [0.29, 0.717) is 12.3 Å². The van der Waals surface area contributed by atoms with Crippen molar-refractivity contribution in [1.82, 2.24) is 24.9 Å². The minimum Gasteiger partial charge on any atom is -0.312 e. The number of aromatic nitrogens is 4. The first-order chi connectivity index (χ1) is 6.86. The van der Waals surface area contributed by atoms with Crippen molar-refractivity contribution in [2.24, 2.45) is 0 Å². The number of hydrogen-bond acceptors (Lipinski definition) is 4. The van der Waals surface area contributed by atoms with Crippen molar-refractivity contribution in [1.29, 1.82) is 0 Å². The lowest BCUT2D eigenvalue weighted by molar-refractivity contribution is 0.604. The Kier molecular flexibility index (Phi) is 1.45. The molecule has 0 radical (unpaired) electrons. The molecule has 0 unspecified atom stereocenters. The van der Waals surface area contributed by atoms with Crippen molar-refractivity contribution >= 4 is 5.78 Å². The van der Waals surface area contributed by atoms with Crippen LogP contribution in [0.1, 0.15) is 11.3 Å². The summed E-state index contributed by atoms with van der Waals surface area (Å²) in [5, 5.41) is 7.24. The molecule has 3 rings (SSSR count). The van der Waals surface area contributed by atoms with E-state index in [1.165, 1.54) is 6.33 Å². The first kappa shape index (κ1) is 7.69. The van der Waals surface area contributed by atoms with Crippen LogP contribution in [0, 0.1) is 0 Å². The van der Waals surface area contributed by atoms with Crippen LogP contribution in [0.15, 0.2) is 11.1 Å². The topological polar surface area (TPSA) is 75.1 Å². The first-order valence-electron chi connectivity index (χ1n) is 4.51. The van der Waals surface area contributed by atoms with E-state index in [9.17, 15) is 4.79 Å². The van der Waals surface area contributed by atoms with Gasteiger partial charge in [0.25, 0.3) is 5.56 Å². The van der Waals surface area contributed by atoms with Gasteiger partial charge >= 0.3 is 0 Å². The molecule has 6 nitrogen and oxygen atoms in total. The van der Waals surface area contributed by atoms with Crippen LogP contribution in [0.5, 0.6) is 0 Å². The van der Waals surface area contributed by atoms with Gasteiger partial charge in [0.15, 0.2) is 0 Å². The second-order valence-corrected chi connectivity index (χ2v) is 3.30. The standard InChI is InChI=1S/C8H9N5O/c14-7-5-3-9-2-1-6(5)13-8(12-7)10-4-11-13/h4,9H,1-3H2,(H,10,11,12,14). The van der Waals surface area contributed by atoms with Crippen LogP contribution in [0.25, 0.3) is 5.78 Å². The number of fused-ring (bicyclic) bond motifs is 3. The minimum atomic E-state index is -0.0623. The van der Waals surface area contributed by atoms with Crippen LogP contribution in [0.3, 0.4) is 0 Å². The largest absolute Gasteiger partial charge is 0.312 e. The van der Waals surface area contributed by atoms with Gasteiger partial charge in [0, 0.05) is 19.5 Å². The van der Waals surface area contributed by atoms with Crippen molar-refractivity contribution in [3.8, 4) is 0 Å². The molecule has 1 aliphatic heterocycles. The zero-order valence-electron chi connectivity index (χ0n) is 7.45. The van der Waals surface area contributed by atoms with Crippen molar-refractivity contribution < 1.29 is 0 Å². The predicted octanol–water partition coefficient (Wildman–Crippen LogP) is -0.937. The second-order valence-electron chi connectivity index (χ2n) is 3.30. The van der Waals surface area contributed by atoms with Gasteiger partial charge < -0.3 is 5.32 Å². The number of nitrogens with one attached hydrogen (secondary N) is 2. The smallest absolute Gasteiger partial charge is 0.257 e. The molecule has 6 heteroatoms. The summed E-state index contributed by atoms with van der Waals surface area (Å²) in [6.07, 6.45) is 2.27. The summed E-state index contributed by atoms with van der Waals surface area (Å²) in [7, 11) is 0. The first-order valence-corrected chi connectivity index (χ1v) is 4.51. The highest BCUT2D eigenvalue weighted by Gasteiger charge is 2.16. The van der Waals surface area contributed by atoms with Gasteiger partial charge in [0.05, 0.1) is 11.3 Å². The van der Waals surface area contributed by atoms with Gasteiger partial charge in [0.1, 0.15) is 6.33 Å². The molecule has 2 aromatic rings. The third-order valence-electron chi connectivity index (χ3n) is 2.49. The molecule has 0 saturated heterocycles. The fourth-order valence-corrected chi connectivity index (χ4v) is 1.82. The monoisotopic (exact) mass is 191 g/mol. The Morgan fingerprint density at radius 1 is 1.50 bits per heavy atom. The van der Waals surface area contributed by atoms with Gasteiger partial charge in [-0.25, -0.2) is 4.52 Å². The van der Waals surface area contributed by atoms with Gasteiger partial charge in [-0.05, 0) is 0 Å². The summed E-state index contributed by atoms with van der Waals surface area (Å²) in [5.41, 5.74) is 1.68. The SMILES string of the molecule is O=c1[nH]c2ncnn2c2c1CNCC2. The van der Waals surface area contributed by atoms with Gasteiger partial charge in [-0.1, -0.05) is 0 Å². The maximum atomic E-state index is 11.6. The average molecular weight is 191 g/mol. The van der Waals surface area contributed by atoms with Crippen LogP contribution in [0.2, 0.25) is 0 Å². The summed E-state index contributed by atoms with van der Waals surface area (Å²) < 4.78 is 1.71. The normalized spacial score (nSPS) is 15.7. The Morgan fingerprint density at radius 2 is 2.43 bits per heavy atom. The molecule has 0 saturated carbocycles. The van der Waals surface area contributed by atoms with E-state index in [2.05, 4.69) is 20.4 Å². The lowest BCUT2D eigenvalue weighted by Gasteiger charge is -2.15. The lowest BCUT2D eigenvalue weighted by atomic mass is 10.1. The van der Waals surface area contributed by atoms with E-state index < -0.39 is 0 Å². The van der Waals surface area contributed by atoms with Crippen molar-refractivity contribution in [3.05, 3.63) is 27.9 Å². The maximum Gasteiger partial charge on any atom is 0.257 e. The van der Waals surface area contributed by atoms with E-state index in [1.54, 1.807) is 4.52 Å². The Balaban J connectivity index is 2.45. The quantitative estimate of drug-likeness (QED) is 0.563. The molecule has 0 bridgehead atoms. The Hall–Kier alpha value is -1.69. The molecule has 0 aromatic carbocycles. The molecule has 2 aromatic heterocycles. The molecular formula is C8H9N5O.